The van der Waals surface area contributed by atoms with Crippen molar-refractivity contribution in [3.8, 4) is 11.8 Å². The first-order chi connectivity index (χ1) is 12.2. The summed E-state index contributed by atoms with van der Waals surface area (Å²) >= 11 is 0. The minimum absolute atomic E-state index is 0.0262. The van der Waals surface area contributed by atoms with E-state index in [1.807, 2.05) is 25.1 Å². The highest BCUT2D eigenvalue weighted by atomic mass is 19.4. The SMILES string of the molecule is CN(C)c1ccc2c(c1)OC(N)=C(C#N)C2c1ccccc1C(F)(F)F. The number of benzene rings is 2. The Morgan fingerprint density at radius 2 is 1.81 bits per heavy atom. The number of nitrogens with two attached hydrogens (primary N) is 1. The van der Waals surface area contributed by atoms with Crippen molar-refractivity contribution in [3.63, 3.8) is 0 Å². The normalized spacial score (nSPS) is 16.5. The van der Waals surface area contributed by atoms with Gasteiger partial charge in [0.1, 0.15) is 17.4 Å². The molecule has 0 bridgehead atoms. The Kier molecular flexibility index (Phi) is 4.28. The molecule has 0 amide bonds. The van der Waals surface area contributed by atoms with Gasteiger partial charge in [-0.1, -0.05) is 24.3 Å². The summed E-state index contributed by atoms with van der Waals surface area (Å²) in [6.07, 6.45) is -4.55. The molecule has 1 unspecified atom stereocenters. The van der Waals surface area contributed by atoms with Crippen molar-refractivity contribution >= 4 is 5.69 Å². The van der Waals surface area contributed by atoms with E-state index in [4.69, 9.17) is 10.5 Å². The Morgan fingerprint density at radius 3 is 2.42 bits per heavy atom. The lowest BCUT2D eigenvalue weighted by atomic mass is 9.81. The average molecular weight is 359 g/mol. The summed E-state index contributed by atoms with van der Waals surface area (Å²) in [5.41, 5.74) is 6.28. The standard InChI is InChI=1S/C19H16F3N3O/c1-25(2)11-7-8-13-16(9-11)26-18(24)14(10-23)17(13)12-5-3-4-6-15(12)19(20,21)22/h3-9,17H,24H2,1-2H3. The van der Waals surface area contributed by atoms with Gasteiger partial charge in [-0.3, -0.25) is 0 Å². The van der Waals surface area contributed by atoms with E-state index in [2.05, 4.69) is 0 Å². The van der Waals surface area contributed by atoms with Crippen LogP contribution in [0.5, 0.6) is 5.75 Å². The average Bonchev–Trinajstić information content (AvgIpc) is 2.59. The predicted octanol–water partition coefficient (Wildman–Crippen LogP) is 3.99. The molecule has 1 heterocycles. The first kappa shape index (κ1) is 17.7. The van der Waals surface area contributed by atoms with Gasteiger partial charge in [0, 0.05) is 31.4 Å². The molecule has 2 aromatic carbocycles. The molecule has 134 valence electrons. The maximum absolute atomic E-state index is 13.5. The van der Waals surface area contributed by atoms with Gasteiger partial charge < -0.3 is 15.4 Å². The minimum Gasteiger partial charge on any atom is -0.440 e. The van der Waals surface area contributed by atoms with Gasteiger partial charge in [0.2, 0.25) is 5.88 Å². The smallest absolute Gasteiger partial charge is 0.416 e. The maximum Gasteiger partial charge on any atom is 0.416 e. The number of hydrogen-bond acceptors (Lipinski definition) is 4. The molecule has 0 spiro atoms. The lowest BCUT2D eigenvalue weighted by molar-refractivity contribution is -0.138. The van der Waals surface area contributed by atoms with Gasteiger partial charge in [-0.05, 0) is 17.7 Å². The van der Waals surface area contributed by atoms with Crippen LogP contribution in [0.25, 0.3) is 0 Å². The van der Waals surface area contributed by atoms with E-state index in [-0.39, 0.29) is 17.0 Å². The Morgan fingerprint density at radius 1 is 1.12 bits per heavy atom. The number of nitrogens with zero attached hydrogens (tertiary/aromatic N) is 2. The predicted molar refractivity (Wildman–Crippen MR) is 91.5 cm³/mol. The topological polar surface area (TPSA) is 62.3 Å². The van der Waals surface area contributed by atoms with Crippen LogP contribution in [0.2, 0.25) is 0 Å². The van der Waals surface area contributed by atoms with E-state index < -0.39 is 17.7 Å². The zero-order valence-electron chi connectivity index (χ0n) is 14.1. The van der Waals surface area contributed by atoms with Gasteiger partial charge in [0.25, 0.3) is 0 Å². The van der Waals surface area contributed by atoms with Crippen molar-refractivity contribution in [2.24, 2.45) is 5.73 Å². The molecule has 3 rings (SSSR count). The molecule has 0 aliphatic carbocycles. The van der Waals surface area contributed by atoms with Gasteiger partial charge in [-0.25, -0.2) is 0 Å². The molecule has 2 N–H and O–H groups in total. The molecule has 0 saturated heterocycles. The van der Waals surface area contributed by atoms with Crippen LogP contribution in [0.15, 0.2) is 53.9 Å². The monoisotopic (exact) mass is 359 g/mol. The fourth-order valence-electron chi connectivity index (χ4n) is 3.05. The Balaban J connectivity index is 2.26. The molecule has 1 atom stereocenters. The van der Waals surface area contributed by atoms with Crippen LogP contribution in [0.4, 0.5) is 18.9 Å². The van der Waals surface area contributed by atoms with Crippen molar-refractivity contribution in [2.45, 2.75) is 12.1 Å². The molecule has 0 aromatic heterocycles. The maximum atomic E-state index is 13.5. The molecule has 1 aliphatic rings. The van der Waals surface area contributed by atoms with Gasteiger partial charge in [-0.2, -0.15) is 18.4 Å². The summed E-state index contributed by atoms with van der Waals surface area (Å²) in [6.45, 7) is 0. The quantitative estimate of drug-likeness (QED) is 0.881. The highest BCUT2D eigenvalue weighted by Crippen LogP contribution is 2.46. The highest BCUT2D eigenvalue weighted by Gasteiger charge is 2.39. The van der Waals surface area contributed by atoms with Crippen molar-refractivity contribution in [2.75, 3.05) is 19.0 Å². The van der Waals surface area contributed by atoms with E-state index in [0.717, 1.165) is 11.8 Å². The van der Waals surface area contributed by atoms with Gasteiger partial charge >= 0.3 is 6.18 Å². The molecule has 1 aliphatic heterocycles. The zero-order chi connectivity index (χ0) is 19.1. The summed E-state index contributed by atoms with van der Waals surface area (Å²) in [6, 6.07) is 12.2. The molecule has 4 nitrogen and oxygen atoms in total. The molecule has 0 saturated carbocycles. The van der Waals surface area contributed by atoms with Crippen LogP contribution in [-0.2, 0) is 6.18 Å². The fraction of sp³-hybridized carbons (Fsp3) is 0.211. The summed E-state index contributed by atoms with van der Waals surface area (Å²) in [7, 11) is 3.67. The fourth-order valence-corrected chi connectivity index (χ4v) is 3.05. The highest BCUT2D eigenvalue weighted by molar-refractivity contribution is 5.62. The lowest BCUT2D eigenvalue weighted by Crippen LogP contribution is -2.23. The van der Waals surface area contributed by atoms with Crippen LogP contribution in [0.3, 0.4) is 0 Å². The summed E-state index contributed by atoms with van der Waals surface area (Å²) in [5, 5.41) is 9.50. The molecule has 2 aromatic rings. The van der Waals surface area contributed by atoms with E-state index in [1.54, 1.807) is 18.2 Å². The third-order valence-corrected chi connectivity index (χ3v) is 4.30. The Hall–Kier alpha value is -3.14. The lowest BCUT2D eigenvalue weighted by Gasteiger charge is -2.29. The number of nitriles is 1. The number of hydrogen-bond donors (Lipinski definition) is 1. The van der Waals surface area contributed by atoms with Crippen LogP contribution in [0.1, 0.15) is 22.6 Å². The first-order valence-corrected chi connectivity index (χ1v) is 7.79. The van der Waals surface area contributed by atoms with E-state index in [9.17, 15) is 18.4 Å². The number of halogens is 3. The van der Waals surface area contributed by atoms with Crippen molar-refractivity contribution in [1.29, 1.82) is 5.26 Å². The van der Waals surface area contributed by atoms with Crippen LogP contribution < -0.4 is 15.4 Å². The minimum atomic E-state index is -4.55. The molecule has 0 fully saturated rings. The second-order valence-corrected chi connectivity index (χ2v) is 6.13. The van der Waals surface area contributed by atoms with Gasteiger partial charge in [0.05, 0.1) is 11.5 Å². The van der Waals surface area contributed by atoms with E-state index in [0.29, 0.717) is 11.3 Å². The molecular formula is C19H16F3N3O. The van der Waals surface area contributed by atoms with Crippen LogP contribution in [0, 0.1) is 11.3 Å². The second kappa shape index (κ2) is 6.30. The third kappa shape index (κ3) is 2.94. The first-order valence-electron chi connectivity index (χ1n) is 7.79. The number of anilines is 1. The van der Waals surface area contributed by atoms with Crippen molar-refractivity contribution in [1.82, 2.24) is 0 Å². The number of fused-ring (bicyclic) bond motifs is 1. The number of alkyl halides is 3. The number of ether oxygens (including phenoxy) is 1. The number of rotatable bonds is 2. The summed E-state index contributed by atoms with van der Waals surface area (Å²) < 4.78 is 46.1. The summed E-state index contributed by atoms with van der Waals surface area (Å²) in [4.78, 5) is 1.84. The van der Waals surface area contributed by atoms with E-state index in [1.165, 1.54) is 18.2 Å². The van der Waals surface area contributed by atoms with Gasteiger partial charge in [0.15, 0.2) is 0 Å². The van der Waals surface area contributed by atoms with E-state index >= 15 is 0 Å². The van der Waals surface area contributed by atoms with Crippen LogP contribution >= 0.6 is 0 Å². The number of allylic oxidation sites excluding steroid dienone is 1. The summed E-state index contributed by atoms with van der Waals surface area (Å²) in [5.74, 6) is -0.787. The molecule has 7 heteroatoms. The van der Waals surface area contributed by atoms with Crippen LogP contribution in [-0.4, -0.2) is 14.1 Å². The Bertz CT molecular complexity index is 926. The largest absolute Gasteiger partial charge is 0.440 e. The third-order valence-electron chi connectivity index (χ3n) is 4.30. The second-order valence-electron chi connectivity index (χ2n) is 6.13. The van der Waals surface area contributed by atoms with Crippen molar-refractivity contribution < 1.29 is 17.9 Å². The Labute approximate surface area is 148 Å². The molecule has 26 heavy (non-hydrogen) atoms. The molecular weight excluding hydrogens is 343 g/mol. The molecule has 0 radical (unpaired) electrons. The zero-order valence-corrected chi connectivity index (χ0v) is 14.1. The van der Waals surface area contributed by atoms with Gasteiger partial charge in [-0.15, -0.1) is 0 Å². The van der Waals surface area contributed by atoms with Crippen molar-refractivity contribution in [3.05, 3.63) is 70.6 Å².